The first-order valence-electron chi connectivity index (χ1n) is 6.38. The maximum absolute atomic E-state index is 5.81. The van der Waals surface area contributed by atoms with Gasteiger partial charge >= 0.3 is 0 Å². The maximum Gasteiger partial charge on any atom is 0.180 e. The molecule has 1 aliphatic carbocycles. The zero-order chi connectivity index (χ0) is 11.7. The molecular weight excluding hydrogens is 234 g/mol. The second kappa shape index (κ2) is 4.92. The number of nitrogens with zero attached hydrogens (tertiary/aromatic N) is 2. The standard InChI is InChI=1S/C12H19N3OS/c13-12-14-9(8-17-12)4-5-15-6-7-16-11-3-1-2-10(11)15/h8,10-11H,1-7H2,(H2,13,14). The molecule has 2 aliphatic rings. The van der Waals surface area contributed by atoms with Crippen molar-refractivity contribution in [2.75, 3.05) is 25.4 Å². The molecule has 2 heterocycles. The Labute approximate surface area is 106 Å². The van der Waals surface area contributed by atoms with Gasteiger partial charge in [-0.05, 0) is 19.3 Å². The van der Waals surface area contributed by atoms with Crippen LogP contribution in [0.4, 0.5) is 5.13 Å². The molecule has 1 aromatic rings. The molecule has 4 nitrogen and oxygen atoms in total. The van der Waals surface area contributed by atoms with E-state index in [1.54, 1.807) is 0 Å². The zero-order valence-corrected chi connectivity index (χ0v) is 10.8. The zero-order valence-electron chi connectivity index (χ0n) is 9.97. The van der Waals surface area contributed by atoms with Crippen molar-refractivity contribution in [3.05, 3.63) is 11.1 Å². The van der Waals surface area contributed by atoms with Gasteiger partial charge in [0, 0.05) is 30.9 Å². The summed E-state index contributed by atoms with van der Waals surface area (Å²) in [6.45, 7) is 3.05. The van der Waals surface area contributed by atoms with Crippen LogP contribution in [-0.4, -0.2) is 41.7 Å². The van der Waals surface area contributed by atoms with E-state index in [9.17, 15) is 0 Å². The number of hydrogen-bond donors (Lipinski definition) is 1. The summed E-state index contributed by atoms with van der Waals surface area (Å²) in [5.41, 5.74) is 6.78. The van der Waals surface area contributed by atoms with Crippen molar-refractivity contribution in [2.24, 2.45) is 0 Å². The Bertz CT molecular complexity index is 382. The number of fused-ring (bicyclic) bond motifs is 1. The highest BCUT2D eigenvalue weighted by Crippen LogP contribution is 2.29. The number of nitrogen functional groups attached to an aromatic ring is 1. The summed E-state index contributed by atoms with van der Waals surface area (Å²) in [6, 6.07) is 0.653. The smallest absolute Gasteiger partial charge is 0.180 e. The first-order valence-corrected chi connectivity index (χ1v) is 7.26. The van der Waals surface area contributed by atoms with Crippen LogP contribution in [-0.2, 0) is 11.2 Å². The number of nitrogens with two attached hydrogens (primary N) is 1. The third-order valence-electron chi connectivity index (χ3n) is 3.82. The van der Waals surface area contributed by atoms with Crippen molar-refractivity contribution >= 4 is 16.5 Å². The molecule has 94 valence electrons. The van der Waals surface area contributed by atoms with E-state index < -0.39 is 0 Å². The van der Waals surface area contributed by atoms with Crippen LogP contribution in [0.25, 0.3) is 0 Å². The molecule has 2 N–H and O–H groups in total. The monoisotopic (exact) mass is 253 g/mol. The minimum absolute atomic E-state index is 0.490. The first-order chi connectivity index (χ1) is 8.33. The van der Waals surface area contributed by atoms with Gasteiger partial charge < -0.3 is 10.5 Å². The number of thiazole rings is 1. The number of aromatic nitrogens is 1. The molecule has 1 saturated carbocycles. The molecule has 3 rings (SSSR count). The van der Waals surface area contributed by atoms with Gasteiger partial charge in [0.25, 0.3) is 0 Å². The number of hydrogen-bond acceptors (Lipinski definition) is 5. The van der Waals surface area contributed by atoms with Gasteiger partial charge in [0.2, 0.25) is 0 Å². The van der Waals surface area contributed by atoms with E-state index in [1.807, 2.05) is 0 Å². The Morgan fingerprint density at radius 1 is 1.53 bits per heavy atom. The highest BCUT2D eigenvalue weighted by Gasteiger charge is 2.35. The Balaban J connectivity index is 1.57. The maximum atomic E-state index is 5.81. The van der Waals surface area contributed by atoms with Crippen molar-refractivity contribution < 1.29 is 4.74 Å². The third-order valence-corrected chi connectivity index (χ3v) is 4.54. The second-order valence-electron chi connectivity index (χ2n) is 4.87. The van der Waals surface area contributed by atoms with Crippen LogP contribution in [0, 0.1) is 0 Å². The Morgan fingerprint density at radius 2 is 2.47 bits per heavy atom. The van der Waals surface area contributed by atoms with E-state index >= 15 is 0 Å². The molecule has 0 bridgehead atoms. The van der Waals surface area contributed by atoms with Gasteiger partial charge in [-0.3, -0.25) is 4.90 Å². The largest absolute Gasteiger partial charge is 0.375 e. The molecule has 5 heteroatoms. The minimum Gasteiger partial charge on any atom is -0.375 e. The number of ether oxygens (including phenoxy) is 1. The van der Waals surface area contributed by atoms with E-state index in [0.717, 1.165) is 31.8 Å². The van der Waals surface area contributed by atoms with Crippen LogP contribution in [0.2, 0.25) is 0 Å². The molecule has 2 unspecified atom stereocenters. The average Bonchev–Trinajstić information content (AvgIpc) is 2.94. The van der Waals surface area contributed by atoms with Gasteiger partial charge in [-0.1, -0.05) is 0 Å². The van der Waals surface area contributed by atoms with Gasteiger partial charge in [0.05, 0.1) is 18.4 Å². The summed E-state index contributed by atoms with van der Waals surface area (Å²) < 4.78 is 5.81. The molecule has 1 aliphatic heterocycles. The van der Waals surface area contributed by atoms with Crippen LogP contribution in [0.5, 0.6) is 0 Å². The number of morpholine rings is 1. The van der Waals surface area contributed by atoms with Crippen molar-refractivity contribution in [1.29, 1.82) is 0 Å². The highest BCUT2D eigenvalue weighted by atomic mass is 32.1. The molecule has 0 aromatic carbocycles. The Kier molecular flexibility index (Phi) is 3.31. The van der Waals surface area contributed by atoms with Crippen LogP contribution in [0.15, 0.2) is 5.38 Å². The van der Waals surface area contributed by atoms with E-state index in [2.05, 4.69) is 15.3 Å². The van der Waals surface area contributed by atoms with Crippen LogP contribution in [0.3, 0.4) is 0 Å². The third kappa shape index (κ3) is 2.46. The fraction of sp³-hybridized carbons (Fsp3) is 0.750. The topological polar surface area (TPSA) is 51.4 Å². The molecule has 1 aromatic heterocycles. The number of anilines is 1. The van der Waals surface area contributed by atoms with Gasteiger partial charge in [0.15, 0.2) is 5.13 Å². The second-order valence-corrected chi connectivity index (χ2v) is 5.76. The molecule has 0 amide bonds. The van der Waals surface area contributed by atoms with Crippen LogP contribution >= 0.6 is 11.3 Å². The number of rotatable bonds is 3. The lowest BCUT2D eigenvalue weighted by Gasteiger charge is -2.37. The normalized spacial score (nSPS) is 29.4. The van der Waals surface area contributed by atoms with E-state index in [-0.39, 0.29) is 0 Å². The molecule has 2 atom stereocenters. The highest BCUT2D eigenvalue weighted by molar-refractivity contribution is 7.13. The van der Waals surface area contributed by atoms with Crippen molar-refractivity contribution in [3.8, 4) is 0 Å². The van der Waals surface area contributed by atoms with Gasteiger partial charge in [-0.25, -0.2) is 4.98 Å². The summed E-state index contributed by atoms with van der Waals surface area (Å²) in [7, 11) is 0. The lowest BCUT2D eigenvalue weighted by atomic mass is 10.1. The van der Waals surface area contributed by atoms with Gasteiger partial charge in [-0.2, -0.15) is 0 Å². The molecule has 0 radical (unpaired) electrons. The molecule has 17 heavy (non-hydrogen) atoms. The lowest BCUT2D eigenvalue weighted by Crippen LogP contribution is -2.49. The van der Waals surface area contributed by atoms with Crippen LogP contribution in [0.1, 0.15) is 25.0 Å². The predicted molar refractivity (Wildman–Crippen MR) is 69.2 cm³/mol. The first kappa shape index (κ1) is 11.4. The van der Waals surface area contributed by atoms with Crippen molar-refractivity contribution in [2.45, 2.75) is 37.8 Å². The molecule has 1 saturated heterocycles. The van der Waals surface area contributed by atoms with E-state index in [0.29, 0.717) is 17.3 Å². The van der Waals surface area contributed by atoms with Crippen molar-refractivity contribution in [1.82, 2.24) is 9.88 Å². The summed E-state index contributed by atoms with van der Waals surface area (Å²) in [4.78, 5) is 6.90. The Hall–Kier alpha value is -0.650. The fourth-order valence-electron chi connectivity index (χ4n) is 2.98. The average molecular weight is 253 g/mol. The molecule has 2 fully saturated rings. The predicted octanol–water partition coefficient (Wildman–Crippen LogP) is 1.52. The molecular formula is C12H19N3OS. The van der Waals surface area contributed by atoms with Gasteiger partial charge in [-0.15, -0.1) is 11.3 Å². The van der Waals surface area contributed by atoms with Gasteiger partial charge in [0.1, 0.15) is 0 Å². The summed E-state index contributed by atoms with van der Waals surface area (Å²) >= 11 is 1.53. The lowest BCUT2D eigenvalue weighted by molar-refractivity contribution is -0.0550. The summed E-state index contributed by atoms with van der Waals surface area (Å²) in [5, 5.41) is 2.75. The Morgan fingerprint density at radius 3 is 3.29 bits per heavy atom. The summed E-state index contributed by atoms with van der Waals surface area (Å²) in [5.74, 6) is 0. The van der Waals surface area contributed by atoms with E-state index in [4.69, 9.17) is 10.5 Å². The molecule has 0 spiro atoms. The quantitative estimate of drug-likeness (QED) is 0.887. The SMILES string of the molecule is Nc1nc(CCN2CCOC3CCCC32)cs1. The van der Waals surface area contributed by atoms with E-state index in [1.165, 1.54) is 30.6 Å². The minimum atomic E-state index is 0.490. The van der Waals surface area contributed by atoms with Crippen molar-refractivity contribution in [3.63, 3.8) is 0 Å². The van der Waals surface area contributed by atoms with Crippen LogP contribution < -0.4 is 5.73 Å². The fourth-order valence-corrected chi connectivity index (χ4v) is 3.58. The summed E-state index contributed by atoms with van der Waals surface area (Å²) in [6.07, 6.45) is 5.35.